The molecule has 0 saturated heterocycles. The highest BCUT2D eigenvalue weighted by atomic mass is 16.5. The Labute approximate surface area is 109 Å². The Kier molecular flexibility index (Phi) is 5.49. The van der Waals surface area contributed by atoms with Crippen molar-refractivity contribution in [3.63, 3.8) is 0 Å². The fraction of sp³-hybridized carbons (Fsp3) is 0.600. The Morgan fingerprint density at radius 2 is 2.11 bits per heavy atom. The molecule has 0 saturated carbocycles. The lowest BCUT2D eigenvalue weighted by Crippen LogP contribution is -2.18. The number of ether oxygens (including phenoxy) is 1. The molecule has 0 atom stereocenters. The van der Waals surface area contributed by atoms with Gasteiger partial charge in [-0.05, 0) is 56.0 Å². The van der Waals surface area contributed by atoms with E-state index in [4.69, 9.17) is 9.84 Å². The molecule has 18 heavy (non-hydrogen) atoms. The van der Waals surface area contributed by atoms with Crippen LogP contribution in [0, 0.1) is 0 Å². The van der Waals surface area contributed by atoms with Crippen molar-refractivity contribution in [2.75, 3.05) is 26.3 Å². The number of hydrogen-bond donors (Lipinski definition) is 2. The van der Waals surface area contributed by atoms with Gasteiger partial charge in [0.15, 0.2) is 0 Å². The van der Waals surface area contributed by atoms with Crippen LogP contribution in [-0.4, -0.2) is 31.4 Å². The molecular weight excluding hydrogens is 226 g/mol. The predicted octanol–water partition coefficient (Wildman–Crippen LogP) is 1.92. The van der Waals surface area contributed by atoms with E-state index in [-0.39, 0.29) is 0 Å². The molecule has 1 aromatic carbocycles. The van der Waals surface area contributed by atoms with Crippen molar-refractivity contribution in [1.82, 2.24) is 5.32 Å². The highest BCUT2D eigenvalue weighted by Gasteiger charge is 2.11. The van der Waals surface area contributed by atoms with Crippen molar-refractivity contribution in [3.8, 4) is 5.75 Å². The monoisotopic (exact) mass is 249 g/mol. The first-order valence-corrected chi connectivity index (χ1v) is 6.96. The molecule has 0 radical (unpaired) electrons. The summed E-state index contributed by atoms with van der Waals surface area (Å²) in [5.41, 5.74) is 2.75. The second kappa shape index (κ2) is 7.39. The highest BCUT2D eigenvalue weighted by Crippen LogP contribution is 2.25. The average molecular weight is 249 g/mol. The van der Waals surface area contributed by atoms with Crippen molar-refractivity contribution in [1.29, 1.82) is 0 Å². The van der Waals surface area contributed by atoms with Crippen molar-refractivity contribution in [3.05, 3.63) is 29.3 Å². The maximum atomic E-state index is 8.66. The number of aliphatic hydroxyl groups is 1. The Morgan fingerprint density at radius 3 is 3.00 bits per heavy atom. The first-order chi connectivity index (χ1) is 8.90. The summed E-state index contributed by atoms with van der Waals surface area (Å²) in [6.07, 6.45) is 5.32. The van der Waals surface area contributed by atoms with Gasteiger partial charge in [0.05, 0.1) is 6.61 Å². The van der Waals surface area contributed by atoms with Crippen molar-refractivity contribution in [2.45, 2.75) is 32.1 Å². The van der Waals surface area contributed by atoms with Gasteiger partial charge in [0.25, 0.3) is 0 Å². The minimum Gasteiger partial charge on any atom is -0.493 e. The molecule has 2 N–H and O–H groups in total. The molecule has 1 aromatic rings. The molecule has 2 rings (SSSR count). The summed E-state index contributed by atoms with van der Waals surface area (Å²) in [5, 5.41) is 12.1. The van der Waals surface area contributed by atoms with Gasteiger partial charge in [-0.3, -0.25) is 0 Å². The molecular formula is C15H23NO2. The number of fused-ring (bicyclic) bond motifs is 1. The standard InChI is InChI=1S/C15H23NO2/c17-10-3-1-2-8-16-9-6-13-4-5-15-14(12-13)7-11-18-15/h4-5,12,16-17H,1-3,6-11H2. The number of nitrogens with one attached hydrogen (secondary N) is 1. The lowest BCUT2D eigenvalue weighted by molar-refractivity contribution is 0.283. The first-order valence-electron chi connectivity index (χ1n) is 6.96. The van der Waals surface area contributed by atoms with Gasteiger partial charge in [-0.2, -0.15) is 0 Å². The predicted molar refractivity (Wildman–Crippen MR) is 73.2 cm³/mol. The van der Waals surface area contributed by atoms with Crippen molar-refractivity contribution >= 4 is 0 Å². The Balaban J connectivity index is 1.62. The van der Waals surface area contributed by atoms with Gasteiger partial charge in [-0.15, -0.1) is 0 Å². The van der Waals surface area contributed by atoms with Gasteiger partial charge in [0, 0.05) is 13.0 Å². The number of benzene rings is 1. The molecule has 100 valence electrons. The van der Waals surface area contributed by atoms with Crippen LogP contribution < -0.4 is 10.1 Å². The van der Waals surface area contributed by atoms with Gasteiger partial charge in [0.2, 0.25) is 0 Å². The molecule has 0 aromatic heterocycles. The molecule has 0 fully saturated rings. The molecule has 1 heterocycles. The van der Waals surface area contributed by atoms with Gasteiger partial charge < -0.3 is 15.2 Å². The van der Waals surface area contributed by atoms with Crippen LogP contribution in [0.25, 0.3) is 0 Å². The van der Waals surface area contributed by atoms with E-state index in [0.717, 1.165) is 57.6 Å². The van der Waals surface area contributed by atoms with E-state index < -0.39 is 0 Å². The number of aliphatic hydroxyl groups excluding tert-OH is 1. The van der Waals surface area contributed by atoms with Crippen LogP contribution in [0.3, 0.4) is 0 Å². The van der Waals surface area contributed by atoms with Crippen LogP contribution in [0.2, 0.25) is 0 Å². The van der Waals surface area contributed by atoms with Crippen LogP contribution in [0.4, 0.5) is 0 Å². The molecule has 3 nitrogen and oxygen atoms in total. The number of unbranched alkanes of at least 4 members (excludes halogenated alkanes) is 2. The maximum absolute atomic E-state index is 8.66. The van der Waals surface area contributed by atoms with Gasteiger partial charge in [-0.1, -0.05) is 12.1 Å². The third-order valence-electron chi connectivity index (χ3n) is 3.36. The molecule has 0 aliphatic carbocycles. The Bertz CT molecular complexity index is 366. The van der Waals surface area contributed by atoms with Gasteiger partial charge in [0.1, 0.15) is 5.75 Å². The van der Waals surface area contributed by atoms with E-state index in [1.54, 1.807) is 0 Å². The summed E-state index contributed by atoms with van der Waals surface area (Å²) < 4.78 is 5.50. The number of hydrogen-bond acceptors (Lipinski definition) is 3. The maximum Gasteiger partial charge on any atom is 0.122 e. The molecule has 0 unspecified atom stereocenters. The summed E-state index contributed by atoms with van der Waals surface area (Å²) in [7, 11) is 0. The van der Waals surface area contributed by atoms with Crippen LogP contribution in [-0.2, 0) is 12.8 Å². The van der Waals surface area contributed by atoms with Crippen LogP contribution in [0.15, 0.2) is 18.2 Å². The SMILES string of the molecule is OCCCCCNCCc1ccc2c(c1)CCO2. The topological polar surface area (TPSA) is 41.5 Å². The van der Waals surface area contributed by atoms with E-state index in [1.165, 1.54) is 11.1 Å². The van der Waals surface area contributed by atoms with Crippen molar-refractivity contribution < 1.29 is 9.84 Å². The largest absolute Gasteiger partial charge is 0.493 e. The third kappa shape index (κ3) is 4.00. The van der Waals surface area contributed by atoms with E-state index >= 15 is 0 Å². The molecule has 0 bridgehead atoms. The second-order valence-electron chi connectivity index (χ2n) is 4.82. The van der Waals surface area contributed by atoms with E-state index in [0.29, 0.717) is 6.61 Å². The van der Waals surface area contributed by atoms with Gasteiger partial charge in [-0.25, -0.2) is 0 Å². The van der Waals surface area contributed by atoms with E-state index in [2.05, 4.69) is 23.5 Å². The minimum atomic E-state index is 0.317. The zero-order valence-corrected chi connectivity index (χ0v) is 11.0. The summed E-state index contributed by atoms with van der Waals surface area (Å²) in [6.45, 7) is 3.23. The second-order valence-corrected chi connectivity index (χ2v) is 4.82. The lowest BCUT2D eigenvalue weighted by atomic mass is 10.1. The van der Waals surface area contributed by atoms with Crippen LogP contribution >= 0.6 is 0 Å². The van der Waals surface area contributed by atoms with Crippen LogP contribution in [0.5, 0.6) is 5.75 Å². The normalized spacial score (nSPS) is 13.4. The van der Waals surface area contributed by atoms with E-state index in [1.807, 2.05) is 0 Å². The zero-order valence-electron chi connectivity index (χ0n) is 11.0. The fourth-order valence-corrected chi connectivity index (χ4v) is 2.29. The molecule has 1 aliphatic rings. The zero-order chi connectivity index (χ0) is 12.6. The first kappa shape index (κ1) is 13.4. The summed E-state index contributed by atoms with van der Waals surface area (Å²) in [6, 6.07) is 6.53. The summed E-state index contributed by atoms with van der Waals surface area (Å²) in [4.78, 5) is 0. The van der Waals surface area contributed by atoms with Crippen molar-refractivity contribution in [2.24, 2.45) is 0 Å². The Hall–Kier alpha value is -1.06. The third-order valence-corrected chi connectivity index (χ3v) is 3.36. The molecule has 0 amide bonds. The highest BCUT2D eigenvalue weighted by molar-refractivity contribution is 5.39. The number of rotatable bonds is 8. The minimum absolute atomic E-state index is 0.317. The lowest BCUT2D eigenvalue weighted by Gasteiger charge is -2.06. The molecule has 1 aliphatic heterocycles. The fourth-order valence-electron chi connectivity index (χ4n) is 2.29. The van der Waals surface area contributed by atoms with Gasteiger partial charge >= 0.3 is 0 Å². The van der Waals surface area contributed by atoms with Crippen LogP contribution in [0.1, 0.15) is 30.4 Å². The smallest absolute Gasteiger partial charge is 0.122 e. The average Bonchev–Trinajstić information content (AvgIpc) is 2.85. The molecule has 3 heteroatoms. The summed E-state index contributed by atoms with van der Waals surface area (Å²) >= 11 is 0. The van der Waals surface area contributed by atoms with E-state index in [9.17, 15) is 0 Å². The summed E-state index contributed by atoms with van der Waals surface area (Å²) in [5.74, 6) is 1.07. The quantitative estimate of drug-likeness (QED) is 0.692. The molecule has 0 spiro atoms. The Morgan fingerprint density at radius 1 is 1.17 bits per heavy atom.